The van der Waals surface area contributed by atoms with Crippen molar-refractivity contribution in [1.29, 1.82) is 0 Å². The average molecular weight is 441 g/mol. The maximum absolute atomic E-state index is 12.7. The summed E-state index contributed by atoms with van der Waals surface area (Å²) in [7, 11) is -0.664. The quantitative estimate of drug-likeness (QED) is 0.347. The molecule has 4 rings (SSSR count). The van der Waals surface area contributed by atoms with Gasteiger partial charge in [-0.1, -0.05) is 62.3 Å². The Morgan fingerprint density at radius 2 is 1.87 bits per heavy atom. The fourth-order valence-electron chi connectivity index (χ4n) is 6.65. The fourth-order valence-corrected chi connectivity index (χ4v) is 8.42. The molecular formula is C29H44OS. The summed E-state index contributed by atoms with van der Waals surface area (Å²) in [6.45, 7) is 9.08. The Kier molecular flexibility index (Phi) is 7.46. The second-order valence-corrected chi connectivity index (χ2v) is 12.9. The van der Waals surface area contributed by atoms with Crippen LogP contribution in [0, 0.1) is 17.3 Å². The smallest absolute Gasteiger partial charge is 0.0639 e. The molecule has 1 nitrogen and oxygen atoms in total. The van der Waals surface area contributed by atoms with E-state index < -0.39 is 10.8 Å². The monoisotopic (exact) mass is 440 g/mol. The van der Waals surface area contributed by atoms with Crippen molar-refractivity contribution in [2.45, 2.75) is 108 Å². The van der Waals surface area contributed by atoms with E-state index >= 15 is 0 Å². The van der Waals surface area contributed by atoms with E-state index in [4.69, 9.17) is 0 Å². The number of allylic oxidation sites excluding steroid dienone is 6. The van der Waals surface area contributed by atoms with E-state index in [0.717, 1.165) is 43.3 Å². The third-order valence-electron chi connectivity index (χ3n) is 9.01. The molecule has 4 aliphatic rings. The van der Waals surface area contributed by atoms with Gasteiger partial charge in [0.1, 0.15) is 0 Å². The Balaban J connectivity index is 1.40. The minimum absolute atomic E-state index is 0.0419. The largest absolute Gasteiger partial charge is 0.259 e. The normalized spacial score (nSPS) is 36.3. The lowest BCUT2D eigenvalue weighted by Gasteiger charge is -2.42. The molecule has 0 aromatic rings. The van der Waals surface area contributed by atoms with Gasteiger partial charge < -0.3 is 0 Å². The van der Waals surface area contributed by atoms with Gasteiger partial charge in [-0.3, -0.25) is 4.21 Å². The average Bonchev–Trinajstić information content (AvgIpc) is 3.48. The molecule has 0 bridgehead atoms. The van der Waals surface area contributed by atoms with Crippen LogP contribution in [0.5, 0.6) is 0 Å². The second-order valence-electron chi connectivity index (χ2n) is 11.0. The highest BCUT2D eigenvalue weighted by atomic mass is 32.2. The molecule has 0 aliphatic heterocycles. The third kappa shape index (κ3) is 5.05. The molecule has 4 fully saturated rings. The first-order chi connectivity index (χ1) is 15.0. The first-order valence-electron chi connectivity index (χ1n) is 13.1. The molecule has 4 atom stereocenters. The van der Waals surface area contributed by atoms with Gasteiger partial charge in [-0.25, -0.2) is 0 Å². The van der Waals surface area contributed by atoms with Crippen LogP contribution in [0.2, 0.25) is 0 Å². The summed E-state index contributed by atoms with van der Waals surface area (Å²) in [6, 6.07) is 0. The third-order valence-corrected chi connectivity index (χ3v) is 11.1. The first kappa shape index (κ1) is 23.3. The van der Waals surface area contributed by atoms with E-state index in [1.165, 1.54) is 75.4 Å². The maximum Gasteiger partial charge on any atom is 0.0639 e. The summed E-state index contributed by atoms with van der Waals surface area (Å²) in [5.41, 5.74) is 5.05. The molecule has 0 radical (unpaired) electrons. The standard InChI is InChI=1S/C29H44OS/c1-4-5-22-31(30)29(20-21-29)19-9-13-26-16-17-27-25(12-8-18-28(26,27)3)15-14-24-11-7-6-10-23(24)2/h9,14-15,19,26-27H,2,4-8,10-13,16-18,20-22H2,1,3H3/b19-9+,24-14-,25-15+. The molecular weight excluding hydrogens is 396 g/mol. The molecule has 172 valence electrons. The van der Waals surface area contributed by atoms with Crippen LogP contribution in [0.4, 0.5) is 0 Å². The van der Waals surface area contributed by atoms with Crippen LogP contribution in [0.15, 0.2) is 47.6 Å². The van der Waals surface area contributed by atoms with Crippen molar-refractivity contribution in [3.63, 3.8) is 0 Å². The lowest BCUT2D eigenvalue weighted by Crippen LogP contribution is -2.33. The van der Waals surface area contributed by atoms with Crippen LogP contribution in [-0.4, -0.2) is 14.7 Å². The summed E-state index contributed by atoms with van der Waals surface area (Å²) in [6.07, 6.45) is 27.2. The first-order valence-corrected chi connectivity index (χ1v) is 14.4. The van der Waals surface area contributed by atoms with Crippen molar-refractivity contribution in [1.82, 2.24) is 0 Å². The number of hydrogen-bond donors (Lipinski definition) is 0. The Morgan fingerprint density at radius 1 is 1.06 bits per heavy atom. The van der Waals surface area contributed by atoms with Crippen LogP contribution in [0.3, 0.4) is 0 Å². The Hall–Kier alpha value is -0.890. The molecule has 0 heterocycles. The van der Waals surface area contributed by atoms with Gasteiger partial charge in [-0.15, -0.1) is 0 Å². The molecule has 0 aromatic heterocycles. The SMILES string of the molecule is C=C1CCCC/C1=C/C=C1\CCCC2(C)C(C/C=C/C3(S(=O)CCCC)CC3)CCC12. The topological polar surface area (TPSA) is 17.1 Å². The van der Waals surface area contributed by atoms with E-state index in [2.05, 4.69) is 44.7 Å². The predicted octanol–water partition coefficient (Wildman–Crippen LogP) is 8.21. The van der Waals surface area contributed by atoms with Crippen molar-refractivity contribution in [3.8, 4) is 0 Å². The molecule has 4 saturated carbocycles. The highest BCUT2D eigenvalue weighted by molar-refractivity contribution is 7.86. The molecule has 0 spiro atoms. The summed E-state index contributed by atoms with van der Waals surface area (Å²) in [5.74, 6) is 2.44. The van der Waals surface area contributed by atoms with Gasteiger partial charge in [0.25, 0.3) is 0 Å². The van der Waals surface area contributed by atoms with E-state index in [1.807, 2.05) is 0 Å². The van der Waals surface area contributed by atoms with Crippen LogP contribution in [-0.2, 0) is 10.8 Å². The molecule has 0 N–H and O–H groups in total. The number of hydrogen-bond acceptors (Lipinski definition) is 1. The minimum Gasteiger partial charge on any atom is -0.259 e. The van der Waals surface area contributed by atoms with Gasteiger partial charge in [0, 0.05) is 16.6 Å². The Labute approximate surface area is 194 Å². The zero-order chi connectivity index (χ0) is 21.9. The number of unbranched alkanes of at least 4 members (excludes halogenated alkanes) is 1. The van der Waals surface area contributed by atoms with Gasteiger partial charge in [0.05, 0.1) is 4.75 Å². The van der Waals surface area contributed by atoms with Crippen LogP contribution in [0.1, 0.15) is 104 Å². The predicted molar refractivity (Wildman–Crippen MR) is 136 cm³/mol. The van der Waals surface area contributed by atoms with Crippen molar-refractivity contribution in [3.05, 3.63) is 47.6 Å². The van der Waals surface area contributed by atoms with Crippen LogP contribution >= 0.6 is 0 Å². The van der Waals surface area contributed by atoms with Crippen molar-refractivity contribution in [2.75, 3.05) is 5.75 Å². The van der Waals surface area contributed by atoms with Gasteiger partial charge in [-0.05, 0) is 106 Å². The van der Waals surface area contributed by atoms with E-state index in [-0.39, 0.29) is 4.75 Å². The van der Waals surface area contributed by atoms with E-state index in [1.54, 1.807) is 5.57 Å². The molecule has 0 aromatic carbocycles. The van der Waals surface area contributed by atoms with Crippen molar-refractivity contribution >= 4 is 10.8 Å². The fraction of sp³-hybridized carbons (Fsp3) is 0.724. The van der Waals surface area contributed by atoms with Gasteiger partial charge in [0.15, 0.2) is 0 Å². The van der Waals surface area contributed by atoms with Crippen molar-refractivity contribution < 1.29 is 4.21 Å². The maximum atomic E-state index is 12.7. The van der Waals surface area contributed by atoms with Gasteiger partial charge >= 0.3 is 0 Å². The molecule has 2 heteroatoms. The molecule has 4 unspecified atom stereocenters. The summed E-state index contributed by atoms with van der Waals surface area (Å²) >= 11 is 0. The van der Waals surface area contributed by atoms with E-state index in [0.29, 0.717) is 5.41 Å². The molecule has 0 saturated heterocycles. The number of rotatable bonds is 8. The van der Waals surface area contributed by atoms with Gasteiger partial charge in [0.2, 0.25) is 0 Å². The van der Waals surface area contributed by atoms with E-state index in [9.17, 15) is 4.21 Å². The minimum atomic E-state index is -0.664. The Bertz CT molecular complexity index is 781. The van der Waals surface area contributed by atoms with Crippen LogP contribution in [0.25, 0.3) is 0 Å². The molecule has 31 heavy (non-hydrogen) atoms. The Morgan fingerprint density at radius 3 is 2.61 bits per heavy atom. The highest BCUT2D eigenvalue weighted by Crippen LogP contribution is 2.58. The molecule has 4 aliphatic carbocycles. The summed E-state index contributed by atoms with van der Waals surface area (Å²) < 4.78 is 12.8. The summed E-state index contributed by atoms with van der Waals surface area (Å²) in [5, 5.41) is 0. The zero-order valence-corrected chi connectivity index (χ0v) is 20.9. The lowest BCUT2D eigenvalue weighted by atomic mass is 9.63. The van der Waals surface area contributed by atoms with Crippen molar-refractivity contribution in [2.24, 2.45) is 17.3 Å². The second kappa shape index (κ2) is 9.94. The molecule has 0 amide bonds. The van der Waals surface area contributed by atoms with Gasteiger partial charge in [-0.2, -0.15) is 0 Å². The van der Waals surface area contributed by atoms with Crippen LogP contribution < -0.4 is 0 Å². The highest BCUT2D eigenvalue weighted by Gasteiger charge is 2.49. The number of fused-ring (bicyclic) bond motifs is 1. The summed E-state index contributed by atoms with van der Waals surface area (Å²) in [4.78, 5) is 0. The zero-order valence-electron chi connectivity index (χ0n) is 20.1. The lowest BCUT2D eigenvalue weighted by molar-refractivity contribution is 0.137.